The highest BCUT2D eigenvalue weighted by Crippen LogP contribution is 2.25. The number of furan rings is 1. The number of nitrogens with one attached hydrogen (secondary N) is 1. The summed E-state index contributed by atoms with van der Waals surface area (Å²) in [7, 11) is 3.91. The molecule has 1 amide bonds. The fraction of sp³-hybridized carbons (Fsp3) is 0.167. The maximum atomic E-state index is 12.3. The van der Waals surface area contributed by atoms with Gasteiger partial charge in [-0.25, -0.2) is 0 Å². The standard InChI is InChI=1S/C18H18N2O2S/c1-20(2)15-6-3-5-13(9-15)18(21)19-11-16-10-14(12-23-16)17-7-4-8-22-17/h3-10,12H,11H2,1-2H3,(H,19,21). The maximum absolute atomic E-state index is 12.3. The van der Waals surface area contributed by atoms with Gasteiger partial charge in [-0.15, -0.1) is 11.3 Å². The molecule has 0 saturated heterocycles. The maximum Gasteiger partial charge on any atom is 0.251 e. The predicted octanol–water partition coefficient (Wildman–Crippen LogP) is 4.00. The fourth-order valence-corrected chi connectivity index (χ4v) is 3.05. The molecular weight excluding hydrogens is 308 g/mol. The minimum Gasteiger partial charge on any atom is -0.464 e. The zero-order valence-electron chi connectivity index (χ0n) is 13.1. The number of benzene rings is 1. The van der Waals surface area contributed by atoms with Crippen molar-refractivity contribution < 1.29 is 9.21 Å². The van der Waals surface area contributed by atoms with Gasteiger partial charge in [-0.2, -0.15) is 0 Å². The molecule has 0 fully saturated rings. The van der Waals surface area contributed by atoms with Crippen LogP contribution in [0.5, 0.6) is 0 Å². The molecule has 1 aromatic carbocycles. The highest BCUT2D eigenvalue weighted by molar-refractivity contribution is 7.10. The Balaban J connectivity index is 1.64. The van der Waals surface area contributed by atoms with Gasteiger partial charge < -0.3 is 14.6 Å². The van der Waals surface area contributed by atoms with Gasteiger partial charge in [0.25, 0.3) is 5.91 Å². The van der Waals surface area contributed by atoms with Crippen molar-refractivity contribution in [3.63, 3.8) is 0 Å². The number of rotatable bonds is 5. The van der Waals surface area contributed by atoms with Crippen molar-refractivity contribution in [2.75, 3.05) is 19.0 Å². The summed E-state index contributed by atoms with van der Waals surface area (Å²) in [6, 6.07) is 13.4. The molecule has 0 aliphatic rings. The molecule has 0 radical (unpaired) electrons. The zero-order chi connectivity index (χ0) is 16.2. The number of nitrogens with zero attached hydrogens (tertiary/aromatic N) is 1. The third kappa shape index (κ3) is 3.63. The van der Waals surface area contributed by atoms with Gasteiger partial charge in [0.15, 0.2) is 0 Å². The van der Waals surface area contributed by atoms with Crippen LogP contribution in [0.3, 0.4) is 0 Å². The summed E-state index contributed by atoms with van der Waals surface area (Å²) < 4.78 is 5.38. The lowest BCUT2D eigenvalue weighted by atomic mass is 10.2. The second-order valence-electron chi connectivity index (χ2n) is 5.41. The van der Waals surface area contributed by atoms with Crippen LogP contribution in [0.25, 0.3) is 11.3 Å². The molecule has 0 aliphatic carbocycles. The summed E-state index contributed by atoms with van der Waals surface area (Å²) >= 11 is 1.61. The summed E-state index contributed by atoms with van der Waals surface area (Å²) in [6.45, 7) is 0.510. The number of amides is 1. The number of hydrogen-bond donors (Lipinski definition) is 1. The molecule has 0 unspecified atom stereocenters. The summed E-state index contributed by atoms with van der Waals surface area (Å²) in [5.41, 5.74) is 2.71. The van der Waals surface area contributed by atoms with E-state index in [9.17, 15) is 4.79 Å². The lowest BCUT2D eigenvalue weighted by Crippen LogP contribution is -2.22. The van der Waals surface area contributed by atoms with E-state index >= 15 is 0 Å². The lowest BCUT2D eigenvalue weighted by molar-refractivity contribution is 0.0951. The minimum atomic E-state index is -0.0679. The Morgan fingerprint density at radius 1 is 1.22 bits per heavy atom. The lowest BCUT2D eigenvalue weighted by Gasteiger charge is -2.13. The summed E-state index contributed by atoms with van der Waals surface area (Å²) in [4.78, 5) is 15.4. The van der Waals surface area contributed by atoms with E-state index in [1.165, 1.54) is 0 Å². The molecule has 0 spiro atoms. The van der Waals surface area contributed by atoms with Gasteiger partial charge in [-0.3, -0.25) is 4.79 Å². The molecule has 23 heavy (non-hydrogen) atoms. The van der Waals surface area contributed by atoms with Crippen molar-refractivity contribution in [1.82, 2.24) is 5.32 Å². The van der Waals surface area contributed by atoms with Gasteiger partial charge in [0, 0.05) is 41.2 Å². The highest BCUT2D eigenvalue weighted by atomic mass is 32.1. The number of hydrogen-bond acceptors (Lipinski definition) is 4. The van der Waals surface area contributed by atoms with Gasteiger partial charge in [-0.05, 0) is 36.4 Å². The van der Waals surface area contributed by atoms with Crippen LogP contribution in [0.1, 0.15) is 15.2 Å². The predicted molar refractivity (Wildman–Crippen MR) is 94.0 cm³/mol. The first-order chi connectivity index (χ1) is 11.1. The van der Waals surface area contributed by atoms with Crippen molar-refractivity contribution in [2.24, 2.45) is 0 Å². The number of anilines is 1. The first-order valence-corrected chi connectivity index (χ1v) is 8.18. The van der Waals surface area contributed by atoms with Crippen LogP contribution in [-0.4, -0.2) is 20.0 Å². The van der Waals surface area contributed by atoms with Crippen LogP contribution in [0.2, 0.25) is 0 Å². The van der Waals surface area contributed by atoms with Crippen LogP contribution in [0.15, 0.2) is 58.5 Å². The first kappa shape index (κ1) is 15.4. The van der Waals surface area contributed by atoms with Crippen LogP contribution in [0.4, 0.5) is 5.69 Å². The minimum absolute atomic E-state index is 0.0679. The number of carbonyl (C=O) groups is 1. The van der Waals surface area contributed by atoms with Crippen LogP contribution < -0.4 is 10.2 Å². The molecule has 4 nitrogen and oxygen atoms in total. The number of carbonyl (C=O) groups excluding carboxylic acids is 1. The topological polar surface area (TPSA) is 45.5 Å². The van der Waals surface area contributed by atoms with E-state index in [-0.39, 0.29) is 5.91 Å². The molecule has 118 valence electrons. The third-order valence-corrected chi connectivity index (χ3v) is 4.44. The van der Waals surface area contributed by atoms with E-state index in [2.05, 4.69) is 5.32 Å². The molecule has 0 aliphatic heterocycles. The molecule has 2 aromatic heterocycles. The third-order valence-electron chi connectivity index (χ3n) is 3.51. The van der Waals surface area contributed by atoms with E-state index in [0.717, 1.165) is 21.9 Å². The molecule has 5 heteroatoms. The van der Waals surface area contributed by atoms with E-state index in [1.54, 1.807) is 17.6 Å². The molecule has 0 saturated carbocycles. The zero-order valence-corrected chi connectivity index (χ0v) is 13.9. The Kier molecular flexibility index (Phi) is 4.48. The molecule has 3 aromatic rings. The Morgan fingerprint density at radius 2 is 2.09 bits per heavy atom. The quantitative estimate of drug-likeness (QED) is 0.771. The van der Waals surface area contributed by atoms with E-state index in [0.29, 0.717) is 12.1 Å². The second-order valence-corrected chi connectivity index (χ2v) is 6.40. The molecule has 2 heterocycles. The van der Waals surface area contributed by atoms with Crippen molar-refractivity contribution >= 4 is 22.9 Å². The van der Waals surface area contributed by atoms with Crippen LogP contribution in [0, 0.1) is 0 Å². The summed E-state index contributed by atoms with van der Waals surface area (Å²) in [6.07, 6.45) is 1.66. The van der Waals surface area contributed by atoms with E-state index in [4.69, 9.17) is 4.42 Å². The average molecular weight is 326 g/mol. The van der Waals surface area contributed by atoms with Crippen LogP contribution in [-0.2, 0) is 6.54 Å². The SMILES string of the molecule is CN(C)c1cccc(C(=O)NCc2cc(-c3ccco3)cs2)c1. The number of thiophene rings is 1. The molecule has 0 atom stereocenters. The normalized spacial score (nSPS) is 10.5. The Labute approximate surface area is 139 Å². The average Bonchev–Trinajstić information content (AvgIpc) is 3.23. The van der Waals surface area contributed by atoms with E-state index in [1.807, 2.05) is 66.8 Å². The smallest absolute Gasteiger partial charge is 0.251 e. The van der Waals surface area contributed by atoms with Gasteiger partial charge in [0.2, 0.25) is 0 Å². The summed E-state index contributed by atoms with van der Waals surface area (Å²) in [5, 5.41) is 5.00. The van der Waals surface area contributed by atoms with Crippen molar-refractivity contribution in [2.45, 2.75) is 6.54 Å². The Hall–Kier alpha value is -2.53. The first-order valence-electron chi connectivity index (χ1n) is 7.30. The largest absolute Gasteiger partial charge is 0.464 e. The summed E-state index contributed by atoms with van der Waals surface area (Å²) in [5.74, 6) is 0.777. The fourth-order valence-electron chi connectivity index (χ4n) is 2.24. The van der Waals surface area contributed by atoms with Crippen molar-refractivity contribution in [1.29, 1.82) is 0 Å². The Morgan fingerprint density at radius 3 is 2.83 bits per heavy atom. The van der Waals surface area contributed by atoms with Crippen molar-refractivity contribution in [3.8, 4) is 11.3 Å². The second kappa shape index (κ2) is 6.71. The Bertz CT molecular complexity index is 791. The van der Waals surface area contributed by atoms with Gasteiger partial charge >= 0.3 is 0 Å². The molecular formula is C18H18N2O2S. The highest BCUT2D eigenvalue weighted by Gasteiger charge is 2.09. The van der Waals surface area contributed by atoms with Crippen molar-refractivity contribution in [3.05, 3.63) is 64.5 Å². The molecule has 3 rings (SSSR count). The monoisotopic (exact) mass is 326 g/mol. The molecule has 1 N–H and O–H groups in total. The van der Waals surface area contributed by atoms with Gasteiger partial charge in [-0.1, -0.05) is 6.07 Å². The molecule has 0 bridgehead atoms. The van der Waals surface area contributed by atoms with Crippen LogP contribution >= 0.6 is 11.3 Å². The van der Waals surface area contributed by atoms with E-state index < -0.39 is 0 Å². The van der Waals surface area contributed by atoms with Gasteiger partial charge in [0.1, 0.15) is 5.76 Å². The van der Waals surface area contributed by atoms with Gasteiger partial charge in [0.05, 0.1) is 12.8 Å².